The van der Waals surface area contributed by atoms with E-state index in [1.165, 1.54) is 5.57 Å². The zero-order valence-electron chi connectivity index (χ0n) is 13.2. The molecule has 3 nitrogen and oxygen atoms in total. The van der Waals surface area contributed by atoms with Crippen LogP contribution >= 0.6 is 0 Å². The molecular formula is C17H27NO2. The molecule has 0 aromatic carbocycles. The minimum atomic E-state index is -0.404. The first-order valence-electron chi connectivity index (χ1n) is 7.71. The fraction of sp³-hybridized carbons (Fsp3) is 0.706. The van der Waals surface area contributed by atoms with Gasteiger partial charge in [0.2, 0.25) is 0 Å². The summed E-state index contributed by atoms with van der Waals surface area (Å²) in [5.41, 5.74) is 1.06. The highest BCUT2D eigenvalue weighted by molar-refractivity contribution is 5.68. The van der Waals surface area contributed by atoms with Crippen molar-refractivity contribution in [3.05, 3.63) is 23.8 Å². The number of rotatable bonds is 1. The number of likely N-dealkylation sites (tertiary alicyclic amines) is 1. The van der Waals surface area contributed by atoms with Crippen LogP contribution < -0.4 is 0 Å². The number of piperidine rings is 1. The lowest BCUT2D eigenvalue weighted by Crippen LogP contribution is -2.42. The normalized spacial score (nSPS) is 24.5. The molecule has 1 fully saturated rings. The molecule has 1 atom stereocenters. The van der Waals surface area contributed by atoms with Crippen LogP contribution in [0.3, 0.4) is 0 Å². The van der Waals surface area contributed by atoms with Gasteiger partial charge in [0, 0.05) is 13.1 Å². The summed E-state index contributed by atoms with van der Waals surface area (Å²) in [6.07, 6.45) is 10.0. The van der Waals surface area contributed by atoms with Gasteiger partial charge in [0.25, 0.3) is 0 Å². The molecule has 3 heteroatoms. The number of nitrogens with zero attached hydrogens (tertiary/aromatic N) is 1. The number of carbonyl (C=O) groups excluding carboxylic acids is 1. The third-order valence-electron chi connectivity index (χ3n) is 3.96. The Balaban J connectivity index is 1.84. The Morgan fingerprint density at radius 3 is 2.45 bits per heavy atom. The van der Waals surface area contributed by atoms with Crippen LogP contribution in [0.5, 0.6) is 0 Å². The Hall–Kier alpha value is -1.25. The maximum absolute atomic E-state index is 12.0. The zero-order chi connectivity index (χ0) is 14.8. The van der Waals surface area contributed by atoms with E-state index in [-0.39, 0.29) is 6.09 Å². The number of allylic oxidation sites excluding steroid dienone is 4. The molecule has 0 radical (unpaired) electrons. The minimum absolute atomic E-state index is 0.169. The van der Waals surface area contributed by atoms with E-state index in [0.717, 1.165) is 32.4 Å². The lowest BCUT2D eigenvalue weighted by molar-refractivity contribution is 0.0195. The van der Waals surface area contributed by atoms with Crippen molar-refractivity contribution >= 4 is 6.09 Å². The van der Waals surface area contributed by atoms with Crippen LogP contribution in [0.25, 0.3) is 0 Å². The molecular weight excluding hydrogens is 250 g/mol. The van der Waals surface area contributed by atoms with E-state index in [1.807, 2.05) is 25.7 Å². The van der Waals surface area contributed by atoms with Crippen molar-refractivity contribution < 1.29 is 9.53 Å². The molecule has 0 saturated carbocycles. The van der Waals surface area contributed by atoms with Gasteiger partial charge in [-0.25, -0.2) is 4.79 Å². The largest absolute Gasteiger partial charge is 0.444 e. The Morgan fingerprint density at radius 2 is 1.95 bits per heavy atom. The van der Waals surface area contributed by atoms with Crippen molar-refractivity contribution in [1.29, 1.82) is 0 Å². The third-order valence-corrected chi connectivity index (χ3v) is 3.96. The van der Waals surface area contributed by atoms with Gasteiger partial charge in [-0.15, -0.1) is 0 Å². The Labute approximate surface area is 122 Å². The van der Waals surface area contributed by atoms with Gasteiger partial charge in [0.05, 0.1) is 0 Å². The topological polar surface area (TPSA) is 29.5 Å². The van der Waals surface area contributed by atoms with E-state index in [9.17, 15) is 4.79 Å². The number of hydrogen-bond acceptors (Lipinski definition) is 2. The van der Waals surface area contributed by atoms with Crippen LogP contribution in [0.15, 0.2) is 23.8 Å². The van der Waals surface area contributed by atoms with Crippen LogP contribution in [0.2, 0.25) is 0 Å². The summed E-state index contributed by atoms with van der Waals surface area (Å²) in [4.78, 5) is 13.9. The van der Waals surface area contributed by atoms with Gasteiger partial charge in [-0.2, -0.15) is 0 Å². The molecule has 2 aliphatic rings. The van der Waals surface area contributed by atoms with Gasteiger partial charge in [-0.05, 0) is 57.4 Å². The second-order valence-corrected chi connectivity index (χ2v) is 7.02. The molecule has 112 valence electrons. The zero-order valence-corrected chi connectivity index (χ0v) is 13.2. The fourth-order valence-corrected chi connectivity index (χ4v) is 2.77. The number of ether oxygens (including phenoxy) is 1. The van der Waals surface area contributed by atoms with Gasteiger partial charge in [0.1, 0.15) is 5.60 Å². The number of amides is 1. The molecule has 2 rings (SSSR count). The van der Waals surface area contributed by atoms with E-state index in [4.69, 9.17) is 4.74 Å². The van der Waals surface area contributed by atoms with Crippen LogP contribution in [0.4, 0.5) is 4.79 Å². The van der Waals surface area contributed by atoms with Crippen LogP contribution in [-0.2, 0) is 4.74 Å². The second-order valence-electron chi connectivity index (χ2n) is 7.02. The predicted molar refractivity (Wildman–Crippen MR) is 81.5 cm³/mol. The summed E-state index contributed by atoms with van der Waals surface area (Å²) in [5, 5.41) is 0. The summed E-state index contributed by atoms with van der Waals surface area (Å²) in [7, 11) is 0. The van der Waals surface area contributed by atoms with Gasteiger partial charge in [0.15, 0.2) is 0 Å². The molecule has 0 aromatic heterocycles. The average molecular weight is 277 g/mol. The molecule has 0 unspecified atom stereocenters. The molecule has 1 amide bonds. The first-order valence-corrected chi connectivity index (χ1v) is 7.71. The highest BCUT2D eigenvalue weighted by atomic mass is 16.6. The summed E-state index contributed by atoms with van der Waals surface area (Å²) in [5.74, 6) is 1.28. The predicted octanol–water partition coefficient (Wildman–Crippen LogP) is 4.16. The quantitative estimate of drug-likeness (QED) is 0.720. The summed E-state index contributed by atoms with van der Waals surface area (Å²) in [6, 6.07) is 0. The fourth-order valence-electron chi connectivity index (χ4n) is 2.77. The van der Waals surface area contributed by atoms with E-state index in [0.29, 0.717) is 11.8 Å². The van der Waals surface area contributed by atoms with E-state index >= 15 is 0 Å². The molecule has 1 aliphatic carbocycles. The molecule has 1 saturated heterocycles. The van der Waals surface area contributed by atoms with Crippen molar-refractivity contribution in [2.45, 2.75) is 52.6 Å². The number of carbonyl (C=O) groups is 1. The summed E-state index contributed by atoms with van der Waals surface area (Å²) >= 11 is 0. The molecule has 0 N–H and O–H groups in total. The van der Waals surface area contributed by atoms with Gasteiger partial charge in [-0.1, -0.05) is 25.2 Å². The van der Waals surface area contributed by atoms with Gasteiger partial charge in [-0.3, -0.25) is 0 Å². The van der Waals surface area contributed by atoms with Gasteiger partial charge < -0.3 is 9.64 Å². The summed E-state index contributed by atoms with van der Waals surface area (Å²) in [6.45, 7) is 9.60. The molecule has 20 heavy (non-hydrogen) atoms. The Bertz CT molecular complexity index is 409. The van der Waals surface area contributed by atoms with Crippen molar-refractivity contribution in [3.63, 3.8) is 0 Å². The van der Waals surface area contributed by atoms with E-state index in [2.05, 4.69) is 25.2 Å². The smallest absolute Gasteiger partial charge is 0.410 e. The van der Waals surface area contributed by atoms with Crippen molar-refractivity contribution in [2.75, 3.05) is 13.1 Å². The average Bonchev–Trinajstić information content (AvgIpc) is 2.38. The highest BCUT2D eigenvalue weighted by Gasteiger charge is 2.28. The maximum atomic E-state index is 12.0. The highest BCUT2D eigenvalue weighted by Crippen LogP contribution is 2.29. The summed E-state index contributed by atoms with van der Waals surface area (Å²) < 4.78 is 5.43. The monoisotopic (exact) mass is 277 g/mol. The Kier molecular flexibility index (Phi) is 4.56. The molecule has 0 aromatic rings. The van der Waals surface area contributed by atoms with Crippen LogP contribution in [0, 0.1) is 11.8 Å². The van der Waals surface area contributed by atoms with Crippen LogP contribution in [-0.4, -0.2) is 29.7 Å². The van der Waals surface area contributed by atoms with Crippen molar-refractivity contribution in [2.24, 2.45) is 11.8 Å². The molecule has 0 spiro atoms. The minimum Gasteiger partial charge on any atom is -0.444 e. The molecule has 1 aliphatic heterocycles. The van der Waals surface area contributed by atoms with E-state index < -0.39 is 5.60 Å². The first kappa shape index (κ1) is 15.1. The maximum Gasteiger partial charge on any atom is 0.410 e. The third kappa shape index (κ3) is 4.12. The van der Waals surface area contributed by atoms with Crippen LogP contribution in [0.1, 0.15) is 47.0 Å². The molecule has 0 bridgehead atoms. The first-order chi connectivity index (χ1) is 9.35. The standard InChI is InChI=1S/C17H27NO2/c1-13-5-7-14(8-6-13)15-9-11-18(12-10-15)16(19)20-17(2,3)4/h5,7-8,13,15H,6,9-12H2,1-4H3/t13-/m0/s1. The lowest BCUT2D eigenvalue weighted by atomic mass is 9.85. The Morgan fingerprint density at radius 1 is 1.30 bits per heavy atom. The van der Waals surface area contributed by atoms with E-state index in [1.54, 1.807) is 0 Å². The van der Waals surface area contributed by atoms with Gasteiger partial charge >= 0.3 is 6.09 Å². The molecule has 1 heterocycles. The second kappa shape index (κ2) is 6.02. The lowest BCUT2D eigenvalue weighted by Gasteiger charge is -2.34. The number of hydrogen-bond donors (Lipinski definition) is 0. The van der Waals surface area contributed by atoms with Crippen molar-refractivity contribution in [3.8, 4) is 0 Å². The SMILES string of the molecule is C[C@H]1C=CC(C2CCN(C(=O)OC(C)(C)C)CC2)=CC1. The van der Waals surface area contributed by atoms with Crippen molar-refractivity contribution in [1.82, 2.24) is 4.90 Å².